The van der Waals surface area contributed by atoms with E-state index >= 15 is 0 Å². The number of likely N-dealkylation sites (tertiary alicyclic amines) is 1. The van der Waals surface area contributed by atoms with Gasteiger partial charge in [0.25, 0.3) is 0 Å². The zero-order valence-electron chi connectivity index (χ0n) is 24.4. The topological polar surface area (TPSA) is 98.2 Å². The van der Waals surface area contributed by atoms with Crippen LogP contribution in [0.3, 0.4) is 0 Å². The third kappa shape index (κ3) is 6.22. The van der Waals surface area contributed by atoms with E-state index in [4.69, 9.17) is 9.72 Å². The van der Waals surface area contributed by atoms with E-state index in [2.05, 4.69) is 28.0 Å². The fourth-order valence-corrected chi connectivity index (χ4v) is 6.92. The second-order valence-electron chi connectivity index (χ2n) is 11.9. The van der Waals surface area contributed by atoms with Crippen molar-refractivity contribution in [3.8, 4) is 12.1 Å². The van der Waals surface area contributed by atoms with E-state index in [1.54, 1.807) is 6.20 Å². The molecule has 9 heteroatoms. The third-order valence-corrected chi connectivity index (χ3v) is 9.01. The maximum Gasteiger partial charge on any atom is 0.418 e. The Morgan fingerprint density at radius 3 is 2.41 bits per heavy atom. The average Bonchev–Trinajstić information content (AvgIpc) is 3.65. The number of hydrogen-bond acceptors (Lipinski definition) is 8. The number of nitriles is 2. The minimum atomic E-state index is -0.573. The van der Waals surface area contributed by atoms with Gasteiger partial charge >= 0.3 is 6.09 Å². The summed E-state index contributed by atoms with van der Waals surface area (Å²) in [6.45, 7) is 11.7. The Kier molecular flexibility index (Phi) is 8.58. The quantitative estimate of drug-likeness (QED) is 0.311. The van der Waals surface area contributed by atoms with E-state index < -0.39 is 11.7 Å². The summed E-state index contributed by atoms with van der Waals surface area (Å²) in [5.74, 6) is 1.33. The molecule has 2 aromatic heterocycles. The van der Waals surface area contributed by atoms with Crippen LogP contribution in [0, 0.1) is 22.7 Å². The van der Waals surface area contributed by atoms with E-state index in [9.17, 15) is 15.3 Å². The van der Waals surface area contributed by atoms with Gasteiger partial charge in [0.2, 0.25) is 0 Å². The van der Waals surface area contributed by atoms with Crippen LogP contribution in [0.1, 0.15) is 75.6 Å². The molecule has 1 aromatic carbocycles. The lowest BCUT2D eigenvalue weighted by Crippen LogP contribution is -2.44. The van der Waals surface area contributed by atoms with Gasteiger partial charge in [-0.1, -0.05) is 13.0 Å². The van der Waals surface area contributed by atoms with Crippen molar-refractivity contribution in [1.29, 1.82) is 10.5 Å². The number of pyridine rings is 1. The van der Waals surface area contributed by atoms with Gasteiger partial charge in [-0.25, -0.2) is 9.78 Å². The Morgan fingerprint density at radius 2 is 1.78 bits per heavy atom. The highest BCUT2D eigenvalue weighted by Gasteiger charge is 2.30. The molecular formula is C32H38N6O2S. The van der Waals surface area contributed by atoms with Gasteiger partial charge in [0.1, 0.15) is 28.6 Å². The van der Waals surface area contributed by atoms with Crippen molar-refractivity contribution in [2.24, 2.45) is 0 Å². The average molecular weight is 571 g/mol. The molecule has 41 heavy (non-hydrogen) atoms. The molecule has 5 rings (SSSR count). The Bertz CT molecular complexity index is 1510. The molecule has 0 saturated carbocycles. The summed E-state index contributed by atoms with van der Waals surface area (Å²) in [5, 5.41) is 21.9. The molecule has 2 fully saturated rings. The Labute approximate surface area is 246 Å². The van der Waals surface area contributed by atoms with Crippen molar-refractivity contribution in [1.82, 2.24) is 14.5 Å². The van der Waals surface area contributed by atoms with Crippen molar-refractivity contribution >= 4 is 34.6 Å². The van der Waals surface area contributed by atoms with Crippen LogP contribution in [-0.2, 0) is 16.9 Å². The lowest BCUT2D eigenvalue weighted by molar-refractivity contribution is 0.0544. The van der Waals surface area contributed by atoms with Gasteiger partial charge in [0.05, 0.1) is 16.6 Å². The SMILES string of the molecule is CCc1c(C#N)c(SCc2ccc3c(ccn3C(=O)OC(C)(C)C)c2)nc(N2CCC(N3CCCC3)CC2)c1C#N. The van der Waals surface area contributed by atoms with E-state index in [1.165, 1.54) is 42.3 Å². The summed E-state index contributed by atoms with van der Waals surface area (Å²) in [5.41, 5.74) is 3.10. The van der Waals surface area contributed by atoms with Crippen LogP contribution < -0.4 is 4.90 Å². The first kappa shape index (κ1) is 29.0. The molecular weight excluding hydrogens is 532 g/mol. The first-order valence-electron chi connectivity index (χ1n) is 14.5. The van der Waals surface area contributed by atoms with Gasteiger partial charge in [-0.2, -0.15) is 10.5 Å². The summed E-state index contributed by atoms with van der Waals surface area (Å²) < 4.78 is 7.06. The molecule has 0 spiro atoms. The summed E-state index contributed by atoms with van der Waals surface area (Å²) >= 11 is 1.53. The van der Waals surface area contributed by atoms with E-state index in [0.29, 0.717) is 34.4 Å². The molecule has 0 N–H and O–H groups in total. The van der Waals surface area contributed by atoms with Crippen LogP contribution in [0.5, 0.6) is 0 Å². The lowest BCUT2D eigenvalue weighted by Gasteiger charge is -2.37. The maximum absolute atomic E-state index is 12.6. The number of rotatable bonds is 6. The largest absolute Gasteiger partial charge is 0.443 e. The molecule has 0 aliphatic carbocycles. The van der Waals surface area contributed by atoms with Crippen molar-refractivity contribution in [2.45, 2.75) is 82.2 Å². The number of ether oxygens (including phenoxy) is 1. The summed E-state index contributed by atoms with van der Waals surface area (Å²) in [6, 6.07) is 13.2. The highest BCUT2D eigenvalue weighted by atomic mass is 32.2. The number of anilines is 1. The predicted octanol–water partition coefficient (Wildman–Crippen LogP) is 6.48. The van der Waals surface area contributed by atoms with Crippen LogP contribution in [0.15, 0.2) is 35.5 Å². The molecule has 0 amide bonds. The molecule has 0 unspecified atom stereocenters. The fraction of sp³-hybridized carbons (Fsp3) is 0.500. The van der Waals surface area contributed by atoms with Crippen LogP contribution in [0.2, 0.25) is 0 Å². The van der Waals surface area contributed by atoms with Crippen molar-refractivity contribution in [3.63, 3.8) is 0 Å². The van der Waals surface area contributed by atoms with Crippen LogP contribution in [0.4, 0.5) is 10.6 Å². The second-order valence-corrected chi connectivity index (χ2v) is 12.8. The normalized spacial score (nSPS) is 16.6. The molecule has 214 valence electrons. The number of piperidine rings is 1. The smallest absolute Gasteiger partial charge is 0.418 e. The van der Waals surface area contributed by atoms with Gasteiger partial charge < -0.3 is 14.5 Å². The molecule has 3 aromatic rings. The van der Waals surface area contributed by atoms with Crippen molar-refractivity contribution in [3.05, 3.63) is 52.7 Å². The fourth-order valence-electron chi connectivity index (χ4n) is 5.97. The van der Waals surface area contributed by atoms with Crippen molar-refractivity contribution < 1.29 is 9.53 Å². The van der Waals surface area contributed by atoms with Gasteiger partial charge in [0, 0.05) is 36.5 Å². The minimum Gasteiger partial charge on any atom is -0.443 e. The van der Waals surface area contributed by atoms with E-state index in [0.717, 1.165) is 53.8 Å². The van der Waals surface area contributed by atoms with Crippen LogP contribution >= 0.6 is 11.8 Å². The number of thioether (sulfide) groups is 1. The predicted molar refractivity (Wildman–Crippen MR) is 162 cm³/mol. The highest BCUT2D eigenvalue weighted by Crippen LogP contribution is 2.35. The lowest BCUT2D eigenvalue weighted by atomic mass is 9.99. The molecule has 2 saturated heterocycles. The number of aromatic nitrogens is 2. The van der Waals surface area contributed by atoms with E-state index in [1.807, 2.05) is 45.9 Å². The van der Waals surface area contributed by atoms with E-state index in [-0.39, 0.29) is 0 Å². The number of nitrogens with zero attached hydrogens (tertiary/aromatic N) is 6. The zero-order valence-corrected chi connectivity index (χ0v) is 25.3. The molecule has 8 nitrogen and oxygen atoms in total. The zero-order chi connectivity index (χ0) is 29.1. The number of hydrogen-bond donors (Lipinski definition) is 0. The highest BCUT2D eigenvalue weighted by molar-refractivity contribution is 7.98. The number of carbonyl (C=O) groups excluding carboxylic acids is 1. The van der Waals surface area contributed by atoms with Gasteiger partial charge in [-0.3, -0.25) is 4.57 Å². The summed E-state index contributed by atoms with van der Waals surface area (Å²) in [6.07, 6.45) is 6.65. The van der Waals surface area contributed by atoms with Crippen LogP contribution in [0.25, 0.3) is 10.9 Å². The van der Waals surface area contributed by atoms with Crippen molar-refractivity contribution in [2.75, 3.05) is 31.1 Å². The maximum atomic E-state index is 12.6. The molecule has 2 aliphatic heterocycles. The Balaban J connectivity index is 1.37. The van der Waals surface area contributed by atoms with Gasteiger partial charge in [-0.05, 0) is 95.3 Å². The number of fused-ring (bicyclic) bond motifs is 1. The third-order valence-electron chi connectivity index (χ3n) is 7.97. The first-order valence-corrected chi connectivity index (χ1v) is 15.5. The van der Waals surface area contributed by atoms with Crippen LogP contribution in [-0.4, -0.2) is 58.4 Å². The molecule has 0 bridgehead atoms. The second kappa shape index (κ2) is 12.1. The van der Waals surface area contributed by atoms with Gasteiger partial charge in [-0.15, -0.1) is 11.8 Å². The molecule has 2 aliphatic rings. The Hall–Kier alpha value is -3.53. The minimum absolute atomic E-state index is 0.404. The monoisotopic (exact) mass is 570 g/mol. The molecule has 4 heterocycles. The summed E-state index contributed by atoms with van der Waals surface area (Å²) in [4.78, 5) is 22.5. The van der Waals surface area contributed by atoms with Gasteiger partial charge in [0.15, 0.2) is 0 Å². The Morgan fingerprint density at radius 1 is 1.07 bits per heavy atom. The first-order chi connectivity index (χ1) is 19.7. The number of benzene rings is 1. The standard InChI is InChI=1S/C32H38N6O2S/c1-5-25-26(19-33)29(37-15-11-24(12-16-37)36-13-6-7-14-36)35-30(27(25)20-34)41-21-22-8-9-28-23(18-22)10-17-38(28)31(39)40-32(2,3)4/h8-10,17-18,24H,5-7,11-16,21H2,1-4H3. The molecule has 0 atom stereocenters. The number of carbonyl (C=O) groups is 1. The molecule has 0 radical (unpaired) electrons. The summed E-state index contributed by atoms with van der Waals surface area (Å²) in [7, 11) is 0.